The summed E-state index contributed by atoms with van der Waals surface area (Å²) >= 11 is 0. The van der Waals surface area contributed by atoms with E-state index in [2.05, 4.69) is 13.8 Å². The number of hydrogen-bond acceptors (Lipinski definition) is 1. The predicted molar refractivity (Wildman–Crippen MR) is 66.7 cm³/mol. The number of primary amides is 1. The minimum atomic E-state index is -0.377. The van der Waals surface area contributed by atoms with Crippen LogP contribution in [0.3, 0.4) is 0 Å². The van der Waals surface area contributed by atoms with Crippen LogP contribution in [0.1, 0.15) is 56.7 Å². The highest BCUT2D eigenvalue weighted by Gasteiger charge is 2.18. The number of aromatic nitrogens is 1. The van der Waals surface area contributed by atoms with E-state index in [1.807, 2.05) is 13.0 Å². The van der Waals surface area contributed by atoms with Crippen molar-refractivity contribution in [2.45, 2.75) is 52.4 Å². The first-order chi connectivity index (χ1) is 7.61. The second-order valence-electron chi connectivity index (χ2n) is 4.34. The fourth-order valence-corrected chi connectivity index (χ4v) is 2.24. The van der Waals surface area contributed by atoms with Gasteiger partial charge in [-0.25, -0.2) is 4.79 Å². The maximum Gasteiger partial charge on any atom is 0.323 e. The van der Waals surface area contributed by atoms with E-state index in [1.54, 1.807) is 10.8 Å². The Morgan fingerprint density at radius 3 is 2.69 bits per heavy atom. The molecule has 3 heteroatoms. The van der Waals surface area contributed by atoms with Crippen LogP contribution < -0.4 is 5.73 Å². The summed E-state index contributed by atoms with van der Waals surface area (Å²) in [5.41, 5.74) is 7.64. The van der Waals surface area contributed by atoms with Gasteiger partial charge in [0.25, 0.3) is 0 Å². The first kappa shape index (κ1) is 12.8. The van der Waals surface area contributed by atoms with Gasteiger partial charge in [-0.05, 0) is 37.3 Å². The molecule has 0 saturated heterocycles. The van der Waals surface area contributed by atoms with Gasteiger partial charge in [0.15, 0.2) is 0 Å². The molecule has 0 saturated carbocycles. The van der Waals surface area contributed by atoms with E-state index in [4.69, 9.17) is 5.73 Å². The molecule has 0 aromatic carbocycles. The molecule has 90 valence electrons. The van der Waals surface area contributed by atoms with Crippen LogP contribution in [0.25, 0.3) is 0 Å². The van der Waals surface area contributed by atoms with Crippen LogP contribution in [0.2, 0.25) is 0 Å². The average Bonchev–Trinajstić information content (AvgIpc) is 2.62. The van der Waals surface area contributed by atoms with Crippen molar-refractivity contribution in [3.8, 4) is 0 Å². The molecular formula is C13H22N2O. The summed E-state index contributed by atoms with van der Waals surface area (Å²) in [6.45, 7) is 6.40. The van der Waals surface area contributed by atoms with Gasteiger partial charge in [0.05, 0.1) is 0 Å². The van der Waals surface area contributed by atoms with Crippen molar-refractivity contribution in [1.82, 2.24) is 4.57 Å². The average molecular weight is 222 g/mol. The second kappa shape index (κ2) is 5.73. The number of unbranched alkanes of at least 4 members (excludes halogenated alkanes) is 1. The van der Waals surface area contributed by atoms with Crippen LogP contribution in [0.4, 0.5) is 4.79 Å². The zero-order valence-electron chi connectivity index (χ0n) is 10.5. The molecular weight excluding hydrogens is 200 g/mol. The Bertz CT molecular complexity index is 355. The molecule has 0 aliphatic rings. The third-order valence-corrected chi connectivity index (χ3v) is 3.16. The van der Waals surface area contributed by atoms with E-state index < -0.39 is 0 Å². The number of amides is 1. The summed E-state index contributed by atoms with van der Waals surface area (Å²) in [5.74, 6) is 0.447. The molecule has 2 N–H and O–H groups in total. The van der Waals surface area contributed by atoms with Crippen molar-refractivity contribution in [2.24, 2.45) is 5.73 Å². The molecule has 1 unspecified atom stereocenters. The summed E-state index contributed by atoms with van der Waals surface area (Å²) in [4.78, 5) is 11.3. The van der Waals surface area contributed by atoms with E-state index in [0.29, 0.717) is 5.92 Å². The molecule has 1 aromatic rings. The van der Waals surface area contributed by atoms with Crippen LogP contribution in [-0.4, -0.2) is 10.6 Å². The standard InChI is InChI=1S/C13H22N2O/c1-4-6-7-11(5-2)12-10(3)8-9-15(12)13(14)16/h8-9,11H,4-7H2,1-3H3,(H2,14,16). The van der Waals surface area contributed by atoms with E-state index in [-0.39, 0.29) is 6.03 Å². The van der Waals surface area contributed by atoms with Crippen molar-refractivity contribution in [3.63, 3.8) is 0 Å². The Morgan fingerprint density at radius 1 is 1.50 bits per heavy atom. The molecule has 0 bridgehead atoms. The Labute approximate surface area is 97.6 Å². The summed E-state index contributed by atoms with van der Waals surface area (Å²) < 4.78 is 1.60. The highest BCUT2D eigenvalue weighted by molar-refractivity contribution is 5.76. The van der Waals surface area contributed by atoms with Gasteiger partial charge in [-0.3, -0.25) is 4.57 Å². The van der Waals surface area contributed by atoms with Gasteiger partial charge in [-0.1, -0.05) is 26.7 Å². The largest absolute Gasteiger partial charge is 0.351 e. The van der Waals surface area contributed by atoms with Crippen molar-refractivity contribution in [1.29, 1.82) is 0 Å². The first-order valence-corrected chi connectivity index (χ1v) is 6.09. The van der Waals surface area contributed by atoms with Crippen LogP contribution in [-0.2, 0) is 0 Å². The van der Waals surface area contributed by atoms with Gasteiger partial charge in [0.2, 0.25) is 0 Å². The topological polar surface area (TPSA) is 48.0 Å². The highest BCUT2D eigenvalue weighted by atomic mass is 16.2. The van der Waals surface area contributed by atoms with Crippen molar-refractivity contribution < 1.29 is 4.79 Å². The highest BCUT2D eigenvalue weighted by Crippen LogP contribution is 2.28. The number of nitrogens with zero attached hydrogens (tertiary/aromatic N) is 1. The predicted octanol–water partition coefficient (Wildman–Crippen LogP) is 3.41. The number of carbonyl (C=O) groups is 1. The third kappa shape index (κ3) is 2.65. The van der Waals surface area contributed by atoms with E-state index in [0.717, 1.165) is 18.5 Å². The molecule has 0 fully saturated rings. The molecule has 1 heterocycles. The Hall–Kier alpha value is -1.25. The lowest BCUT2D eigenvalue weighted by Gasteiger charge is -2.17. The van der Waals surface area contributed by atoms with E-state index >= 15 is 0 Å². The number of carbonyl (C=O) groups excluding carboxylic acids is 1. The van der Waals surface area contributed by atoms with E-state index in [1.165, 1.54) is 18.4 Å². The Kier molecular flexibility index (Phi) is 4.59. The SMILES string of the molecule is CCCCC(CC)c1c(C)ccn1C(N)=O. The van der Waals surface area contributed by atoms with Crippen molar-refractivity contribution in [3.05, 3.63) is 23.5 Å². The lowest BCUT2D eigenvalue weighted by molar-refractivity contribution is 0.249. The van der Waals surface area contributed by atoms with Crippen LogP contribution in [0.15, 0.2) is 12.3 Å². The molecule has 1 rings (SSSR count). The number of aryl methyl sites for hydroxylation is 1. The number of nitrogens with two attached hydrogens (primary N) is 1. The Morgan fingerprint density at radius 2 is 2.19 bits per heavy atom. The lowest BCUT2D eigenvalue weighted by Crippen LogP contribution is -2.22. The minimum absolute atomic E-state index is 0.377. The summed E-state index contributed by atoms with van der Waals surface area (Å²) in [5, 5.41) is 0. The van der Waals surface area contributed by atoms with Gasteiger partial charge in [0, 0.05) is 11.9 Å². The maximum absolute atomic E-state index is 11.3. The molecule has 0 radical (unpaired) electrons. The van der Waals surface area contributed by atoms with E-state index in [9.17, 15) is 4.79 Å². The van der Waals surface area contributed by atoms with Crippen molar-refractivity contribution >= 4 is 6.03 Å². The minimum Gasteiger partial charge on any atom is -0.351 e. The third-order valence-electron chi connectivity index (χ3n) is 3.16. The zero-order chi connectivity index (χ0) is 12.1. The molecule has 3 nitrogen and oxygen atoms in total. The van der Waals surface area contributed by atoms with Crippen molar-refractivity contribution in [2.75, 3.05) is 0 Å². The quantitative estimate of drug-likeness (QED) is 0.815. The van der Waals surface area contributed by atoms with Gasteiger partial charge in [-0.2, -0.15) is 0 Å². The normalized spacial score (nSPS) is 12.7. The first-order valence-electron chi connectivity index (χ1n) is 6.09. The van der Waals surface area contributed by atoms with Crippen LogP contribution >= 0.6 is 0 Å². The Balaban J connectivity index is 2.98. The van der Waals surface area contributed by atoms with Gasteiger partial charge < -0.3 is 5.73 Å². The zero-order valence-corrected chi connectivity index (χ0v) is 10.5. The molecule has 0 aliphatic heterocycles. The number of hydrogen-bond donors (Lipinski definition) is 1. The molecule has 1 atom stereocenters. The van der Waals surface area contributed by atoms with Gasteiger partial charge >= 0.3 is 6.03 Å². The molecule has 0 aliphatic carbocycles. The van der Waals surface area contributed by atoms with Crippen LogP contribution in [0, 0.1) is 6.92 Å². The van der Waals surface area contributed by atoms with Gasteiger partial charge in [-0.15, -0.1) is 0 Å². The fourth-order valence-electron chi connectivity index (χ4n) is 2.24. The molecule has 1 aromatic heterocycles. The maximum atomic E-state index is 11.3. The fraction of sp³-hybridized carbons (Fsp3) is 0.615. The summed E-state index contributed by atoms with van der Waals surface area (Å²) in [6.07, 6.45) is 6.35. The van der Waals surface area contributed by atoms with Gasteiger partial charge in [0.1, 0.15) is 0 Å². The smallest absolute Gasteiger partial charge is 0.323 e. The molecule has 0 spiro atoms. The monoisotopic (exact) mass is 222 g/mol. The number of rotatable bonds is 5. The lowest BCUT2D eigenvalue weighted by atomic mass is 9.93. The summed E-state index contributed by atoms with van der Waals surface area (Å²) in [7, 11) is 0. The second-order valence-corrected chi connectivity index (χ2v) is 4.34. The van der Waals surface area contributed by atoms with Crippen LogP contribution in [0.5, 0.6) is 0 Å². The molecule has 1 amide bonds. The summed E-state index contributed by atoms with van der Waals surface area (Å²) in [6, 6.07) is 1.59. The molecule has 16 heavy (non-hydrogen) atoms.